The Bertz CT molecular complexity index is 448. The molecule has 1 unspecified atom stereocenters. The highest BCUT2D eigenvalue weighted by molar-refractivity contribution is 5.37. The highest BCUT2D eigenvalue weighted by Gasteiger charge is 2.25. The van der Waals surface area contributed by atoms with E-state index < -0.39 is 0 Å². The van der Waals surface area contributed by atoms with Gasteiger partial charge < -0.3 is 15.0 Å². The second-order valence-electron chi connectivity index (χ2n) is 5.82. The third-order valence-electron chi connectivity index (χ3n) is 4.32. The highest BCUT2D eigenvalue weighted by atomic mass is 19.1. The van der Waals surface area contributed by atoms with Crippen molar-refractivity contribution in [3.63, 3.8) is 0 Å². The minimum atomic E-state index is -0.195. The summed E-state index contributed by atoms with van der Waals surface area (Å²) in [5.74, 6) is 1.32. The van der Waals surface area contributed by atoms with Crippen LogP contribution in [0.5, 0.6) is 5.75 Å². The van der Waals surface area contributed by atoms with Crippen LogP contribution in [0.3, 0.4) is 0 Å². The Morgan fingerprint density at radius 3 is 2.76 bits per heavy atom. The molecule has 2 rings (SSSR count). The average molecular weight is 294 g/mol. The van der Waals surface area contributed by atoms with Crippen molar-refractivity contribution in [2.24, 2.45) is 5.92 Å². The lowest BCUT2D eigenvalue weighted by molar-refractivity contribution is 0.258. The Morgan fingerprint density at radius 1 is 1.43 bits per heavy atom. The SMILES string of the molecule is CCN(CCC(NC)c1c(F)cccc1OC)CC1CC1. The van der Waals surface area contributed by atoms with E-state index in [-0.39, 0.29) is 11.9 Å². The standard InChI is InChI=1S/C17H27FN2O/c1-4-20(12-13-8-9-13)11-10-15(19-2)17-14(18)6-5-7-16(17)21-3/h5-7,13,15,19H,4,8-12H2,1-3H3. The van der Waals surface area contributed by atoms with E-state index in [1.54, 1.807) is 13.2 Å². The van der Waals surface area contributed by atoms with E-state index in [4.69, 9.17) is 4.74 Å². The van der Waals surface area contributed by atoms with Crippen molar-refractivity contribution < 1.29 is 9.13 Å². The molecule has 0 bridgehead atoms. The molecule has 0 saturated heterocycles. The Morgan fingerprint density at radius 2 is 2.19 bits per heavy atom. The molecule has 1 saturated carbocycles. The fraction of sp³-hybridized carbons (Fsp3) is 0.647. The van der Waals surface area contributed by atoms with Crippen molar-refractivity contribution in [2.45, 2.75) is 32.2 Å². The van der Waals surface area contributed by atoms with Crippen molar-refractivity contribution in [3.8, 4) is 5.75 Å². The van der Waals surface area contributed by atoms with Crippen LogP contribution in [-0.2, 0) is 0 Å². The predicted octanol–water partition coefficient (Wildman–Crippen LogP) is 3.22. The van der Waals surface area contributed by atoms with Crippen molar-refractivity contribution >= 4 is 0 Å². The highest BCUT2D eigenvalue weighted by Crippen LogP contribution is 2.32. The van der Waals surface area contributed by atoms with E-state index in [9.17, 15) is 4.39 Å². The molecule has 1 atom stereocenters. The molecular weight excluding hydrogens is 267 g/mol. The van der Waals surface area contributed by atoms with Gasteiger partial charge in [0.25, 0.3) is 0 Å². The molecule has 0 amide bonds. The van der Waals surface area contributed by atoms with E-state index >= 15 is 0 Å². The number of benzene rings is 1. The quantitative estimate of drug-likeness (QED) is 0.757. The first-order chi connectivity index (χ1) is 10.2. The Balaban J connectivity index is 2.01. The largest absolute Gasteiger partial charge is 0.496 e. The van der Waals surface area contributed by atoms with Gasteiger partial charge in [0.2, 0.25) is 0 Å². The van der Waals surface area contributed by atoms with Crippen molar-refractivity contribution in [1.82, 2.24) is 10.2 Å². The number of hydrogen-bond donors (Lipinski definition) is 1. The number of hydrogen-bond acceptors (Lipinski definition) is 3. The van der Waals surface area contributed by atoms with Gasteiger partial charge in [-0.2, -0.15) is 0 Å². The number of ether oxygens (including phenoxy) is 1. The predicted molar refractivity (Wildman–Crippen MR) is 84.2 cm³/mol. The molecule has 0 heterocycles. The van der Waals surface area contributed by atoms with Crippen LogP contribution in [0, 0.1) is 11.7 Å². The molecule has 118 valence electrons. The van der Waals surface area contributed by atoms with Crippen LogP contribution in [0.2, 0.25) is 0 Å². The zero-order valence-electron chi connectivity index (χ0n) is 13.4. The van der Waals surface area contributed by atoms with E-state index in [0.717, 1.165) is 25.4 Å². The summed E-state index contributed by atoms with van der Waals surface area (Å²) in [6.45, 7) is 5.42. The van der Waals surface area contributed by atoms with Crippen LogP contribution < -0.4 is 10.1 Å². The minimum Gasteiger partial charge on any atom is -0.496 e. The maximum atomic E-state index is 14.2. The van der Waals surface area contributed by atoms with Crippen LogP contribution in [0.1, 0.15) is 37.8 Å². The molecule has 0 aromatic heterocycles. The maximum absolute atomic E-state index is 14.2. The third-order valence-corrected chi connectivity index (χ3v) is 4.32. The Labute approximate surface area is 127 Å². The van der Waals surface area contributed by atoms with Gasteiger partial charge in [0, 0.05) is 18.2 Å². The van der Waals surface area contributed by atoms with Gasteiger partial charge in [-0.3, -0.25) is 0 Å². The normalized spacial score (nSPS) is 16.2. The summed E-state index contributed by atoms with van der Waals surface area (Å²) in [5, 5.41) is 3.24. The zero-order chi connectivity index (χ0) is 15.2. The van der Waals surface area contributed by atoms with E-state index in [1.165, 1.54) is 25.5 Å². The Hall–Kier alpha value is -1.13. The summed E-state index contributed by atoms with van der Waals surface area (Å²) in [5.41, 5.74) is 0.643. The molecule has 1 fully saturated rings. The summed E-state index contributed by atoms with van der Waals surface area (Å²) in [6, 6.07) is 5.00. The smallest absolute Gasteiger partial charge is 0.131 e. The molecule has 1 aliphatic rings. The third kappa shape index (κ3) is 4.42. The van der Waals surface area contributed by atoms with Gasteiger partial charge in [-0.25, -0.2) is 4.39 Å². The lowest BCUT2D eigenvalue weighted by Gasteiger charge is -2.25. The second-order valence-corrected chi connectivity index (χ2v) is 5.82. The van der Waals surface area contributed by atoms with Gasteiger partial charge in [0.15, 0.2) is 0 Å². The van der Waals surface area contributed by atoms with E-state index in [1.807, 2.05) is 13.1 Å². The van der Waals surface area contributed by atoms with Crippen molar-refractivity contribution in [3.05, 3.63) is 29.6 Å². The second kappa shape index (κ2) is 7.76. The van der Waals surface area contributed by atoms with Crippen LogP contribution in [0.25, 0.3) is 0 Å². The molecular formula is C17H27FN2O. The molecule has 3 nitrogen and oxygen atoms in total. The summed E-state index contributed by atoms with van der Waals surface area (Å²) in [7, 11) is 3.48. The van der Waals surface area contributed by atoms with E-state index in [0.29, 0.717) is 11.3 Å². The van der Waals surface area contributed by atoms with Crippen molar-refractivity contribution in [2.75, 3.05) is 33.8 Å². The van der Waals surface area contributed by atoms with Gasteiger partial charge in [-0.15, -0.1) is 0 Å². The summed E-state index contributed by atoms with van der Waals surface area (Å²) in [6.07, 6.45) is 3.62. The van der Waals surface area contributed by atoms with Crippen LogP contribution >= 0.6 is 0 Å². The van der Waals surface area contributed by atoms with Crippen LogP contribution in [0.15, 0.2) is 18.2 Å². The first kappa shape index (κ1) is 16.2. The average Bonchev–Trinajstić information content (AvgIpc) is 3.31. The zero-order valence-corrected chi connectivity index (χ0v) is 13.4. The number of nitrogens with one attached hydrogen (secondary N) is 1. The monoisotopic (exact) mass is 294 g/mol. The van der Waals surface area contributed by atoms with Gasteiger partial charge in [-0.1, -0.05) is 13.0 Å². The van der Waals surface area contributed by atoms with Gasteiger partial charge in [-0.05, 0) is 57.5 Å². The topological polar surface area (TPSA) is 24.5 Å². The maximum Gasteiger partial charge on any atom is 0.131 e. The molecule has 0 aliphatic heterocycles. The summed E-state index contributed by atoms with van der Waals surface area (Å²) < 4.78 is 19.5. The number of halogens is 1. The fourth-order valence-electron chi connectivity index (χ4n) is 2.82. The molecule has 1 aromatic rings. The molecule has 0 spiro atoms. The first-order valence-corrected chi connectivity index (χ1v) is 7.91. The number of nitrogens with zero attached hydrogens (tertiary/aromatic N) is 1. The minimum absolute atomic E-state index is 0.0191. The van der Waals surface area contributed by atoms with Gasteiger partial charge in [0.05, 0.1) is 7.11 Å². The van der Waals surface area contributed by atoms with Gasteiger partial charge in [0.1, 0.15) is 11.6 Å². The van der Waals surface area contributed by atoms with Crippen LogP contribution in [-0.4, -0.2) is 38.7 Å². The van der Waals surface area contributed by atoms with E-state index in [2.05, 4.69) is 17.1 Å². The van der Waals surface area contributed by atoms with Gasteiger partial charge >= 0.3 is 0 Å². The summed E-state index contributed by atoms with van der Waals surface area (Å²) in [4.78, 5) is 2.47. The lowest BCUT2D eigenvalue weighted by atomic mass is 10.0. The molecule has 4 heteroatoms. The molecule has 1 aromatic carbocycles. The Kier molecular flexibility index (Phi) is 6.00. The molecule has 21 heavy (non-hydrogen) atoms. The number of methoxy groups -OCH3 is 1. The van der Waals surface area contributed by atoms with Crippen molar-refractivity contribution in [1.29, 1.82) is 0 Å². The lowest BCUT2D eigenvalue weighted by Crippen LogP contribution is -2.30. The molecule has 0 radical (unpaired) electrons. The molecule has 1 N–H and O–H groups in total. The van der Waals surface area contributed by atoms with Crippen LogP contribution in [0.4, 0.5) is 4.39 Å². The fourth-order valence-corrected chi connectivity index (χ4v) is 2.82. The molecule has 1 aliphatic carbocycles. The first-order valence-electron chi connectivity index (χ1n) is 7.91. The summed E-state index contributed by atoms with van der Waals surface area (Å²) >= 11 is 0. The number of rotatable bonds is 9.